The summed E-state index contributed by atoms with van der Waals surface area (Å²) in [7, 11) is 0. The summed E-state index contributed by atoms with van der Waals surface area (Å²) in [5.74, 6) is 0.233. The number of hydrogen-bond acceptors (Lipinski definition) is 3. The van der Waals surface area contributed by atoms with Crippen molar-refractivity contribution in [2.24, 2.45) is 10.7 Å². The standard InChI is InChI=1S/C25H17N3O2/c26-25(27-23-17-9-7-13-3-1-5-15(21(13)17)11-19(23)29)28-24-18-10-8-14-4-2-6-16(22(14)18)12-20(24)30/h1-12,29-30H,(H3,26,27,28). The molecule has 5 nitrogen and oxygen atoms in total. The smallest absolute Gasteiger partial charge is 0.198 e. The number of anilines is 1. The van der Waals surface area contributed by atoms with Crippen molar-refractivity contribution in [1.82, 2.24) is 0 Å². The van der Waals surface area contributed by atoms with Gasteiger partial charge in [0.05, 0.1) is 5.69 Å². The van der Waals surface area contributed by atoms with Gasteiger partial charge in [-0.25, -0.2) is 4.99 Å². The number of nitrogens with zero attached hydrogens (tertiary/aromatic N) is 1. The molecule has 0 amide bonds. The van der Waals surface area contributed by atoms with Gasteiger partial charge in [0, 0.05) is 11.1 Å². The van der Waals surface area contributed by atoms with Gasteiger partial charge in [-0.2, -0.15) is 0 Å². The molecule has 0 aliphatic heterocycles. The minimum absolute atomic E-state index is 0.0559. The fraction of sp³-hybridized carbons (Fsp3) is 0. The second-order valence-corrected chi connectivity index (χ2v) is 7.52. The lowest BCUT2D eigenvalue weighted by Gasteiger charge is -2.14. The molecule has 0 fully saturated rings. The van der Waals surface area contributed by atoms with Crippen molar-refractivity contribution < 1.29 is 10.2 Å². The molecule has 144 valence electrons. The van der Waals surface area contributed by atoms with E-state index < -0.39 is 0 Å². The molecule has 4 aromatic rings. The third-order valence-corrected chi connectivity index (χ3v) is 5.75. The van der Waals surface area contributed by atoms with E-state index in [0.29, 0.717) is 11.4 Å². The highest BCUT2D eigenvalue weighted by Crippen LogP contribution is 2.44. The molecule has 0 unspecified atom stereocenters. The van der Waals surface area contributed by atoms with Crippen LogP contribution in [0.4, 0.5) is 11.4 Å². The van der Waals surface area contributed by atoms with Gasteiger partial charge in [0.25, 0.3) is 0 Å². The number of rotatable bonds is 2. The van der Waals surface area contributed by atoms with Gasteiger partial charge in [-0.05, 0) is 44.8 Å². The predicted octanol–water partition coefficient (Wildman–Crippen LogP) is 5.43. The number of aliphatic imine (C=N–C) groups is 1. The molecule has 4 aromatic carbocycles. The van der Waals surface area contributed by atoms with Crippen LogP contribution in [-0.4, -0.2) is 16.2 Å². The molecule has 0 saturated carbocycles. The van der Waals surface area contributed by atoms with Crippen molar-refractivity contribution in [3.63, 3.8) is 0 Å². The summed E-state index contributed by atoms with van der Waals surface area (Å²) < 4.78 is 0. The number of guanidine groups is 1. The first-order valence-electron chi connectivity index (χ1n) is 9.65. The molecule has 30 heavy (non-hydrogen) atoms. The summed E-state index contributed by atoms with van der Waals surface area (Å²) in [6, 6.07) is 15.3. The number of aromatic hydroxyl groups is 2. The molecule has 0 heterocycles. The normalized spacial score (nSPS) is 13.7. The molecule has 0 saturated heterocycles. The Kier molecular flexibility index (Phi) is 3.27. The van der Waals surface area contributed by atoms with Gasteiger partial charge in [-0.1, -0.05) is 60.7 Å². The third kappa shape index (κ3) is 2.26. The summed E-state index contributed by atoms with van der Waals surface area (Å²) in [6.07, 6.45) is 7.90. The second-order valence-electron chi connectivity index (χ2n) is 7.52. The second kappa shape index (κ2) is 5.87. The van der Waals surface area contributed by atoms with Crippen LogP contribution >= 0.6 is 0 Å². The molecule has 0 spiro atoms. The fourth-order valence-corrected chi connectivity index (χ4v) is 4.47. The number of phenolic OH excluding ortho intramolecular Hbond substituents is 2. The van der Waals surface area contributed by atoms with Crippen molar-refractivity contribution in [3.8, 4) is 11.5 Å². The zero-order valence-electron chi connectivity index (χ0n) is 15.8. The summed E-state index contributed by atoms with van der Waals surface area (Å²) >= 11 is 0. The van der Waals surface area contributed by atoms with Gasteiger partial charge in [0.1, 0.15) is 17.2 Å². The van der Waals surface area contributed by atoms with Crippen LogP contribution in [0.2, 0.25) is 0 Å². The summed E-state index contributed by atoms with van der Waals surface area (Å²) in [5, 5.41) is 28.2. The lowest BCUT2D eigenvalue weighted by atomic mass is 10.0. The molecule has 0 radical (unpaired) electrons. The van der Waals surface area contributed by atoms with E-state index in [1.54, 1.807) is 12.1 Å². The van der Waals surface area contributed by atoms with E-state index in [2.05, 4.69) is 10.3 Å². The molecule has 0 aromatic heterocycles. The number of nitrogens with two attached hydrogens (primary N) is 1. The topological polar surface area (TPSA) is 90.9 Å². The molecular formula is C25H17N3O2. The highest BCUT2D eigenvalue weighted by atomic mass is 16.3. The average molecular weight is 391 g/mol. The predicted molar refractivity (Wildman–Crippen MR) is 124 cm³/mol. The zero-order valence-corrected chi connectivity index (χ0v) is 15.8. The van der Waals surface area contributed by atoms with Gasteiger partial charge < -0.3 is 21.3 Å². The average Bonchev–Trinajstić information content (AvgIpc) is 3.35. The summed E-state index contributed by atoms with van der Waals surface area (Å²) in [6.45, 7) is 0. The SMILES string of the molecule is NC(=Nc1c(O)cc2cccc3c2c1C=C3)Nc1c(O)cc2cccc3c2c1C=C3. The Hall–Kier alpha value is -4.25. The lowest BCUT2D eigenvalue weighted by Crippen LogP contribution is -2.22. The zero-order chi connectivity index (χ0) is 20.4. The van der Waals surface area contributed by atoms with E-state index in [1.807, 2.05) is 60.7 Å². The first-order chi connectivity index (χ1) is 14.6. The van der Waals surface area contributed by atoms with E-state index in [-0.39, 0.29) is 17.5 Å². The molecule has 0 atom stereocenters. The highest BCUT2D eigenvalue weighted by Gasteiger charge is 2.19. The molecular weight excluding hydrogens is 374 g/mol. The number of hydrogen-bond donors (Lipinski definition) is 4. The van der Waals surface area contributed by atoms with Crippen LogP contribution in [-0.2, 0) is 0 Å². The van der Waals surface area contributed by atoms with E-state index in [1.165, 1.54) is 0 Å². The van der Waals surface area contributed by atoms with E-state index >= 15 is 0 Å². The van der Waals surface area contributed by atoms with Crippen LogP contribution in [0.15, 0.2) is 53.5 Å². The van der Waals surface area contributed by atoms with E-state index in [4.69, 9.17) is 5.73 Å². The molecule has 2 aliphatic carbocycles. The minimum atomic E-state index is 0.0559. The number of benzene rings is 4. The Balaban J connectivity index is 1.47. The highest BCUT2D eigenvalue weighted by molar-refractivity contribution is 6.13. The Bertz CT molecular complexity index is 1500. The summed E-state index contributed by atoms with van der Waals surface area (Å²) in [4.78, 5) is 4.47. The van der Waals surface area contributed by atoms with Gasteiger partial charge >= 0.3 is 0 Å². The van der Waals surface area contributed by atoms with Gasteiger partial charge in [0.15, 0.2) is 5.96 Å². The van der Waals surface area contributed by atoms with Gasteiger partial charge in [-0.3, -0.25) is 0 Å². The summed E-state index contributed by atoms with van der Waals surface area (Å²) in [5.41, 5.74) is 11.0. The first-order valence-corrected chi connectivity index (χ1v) is 9.65. The van der Waals surface area contributed by atoms with Crippen LogP contribution in [0.25, 0.3) is 45.8 Å². The third-order valence-electron chi connectivity index (χ3n) is 5.75. The van der Waals surface area contributed by atoms with Crippen LogP contribution in [0.5, 0.6) is 11.5 Å². The Morgan fingerprint density at radius 3 is 2.07 bits per heavy atom. The van der Waals surface area contributed by atoms with Crippen LogP contribution in [0, 0.1) is 0 Å². The van der Waals surface area contributed by atoms with E-state index in [9.17, 15) is 10.2 Å². The maximum Gasteiger partial charge on any atom is 0.198 e. The first kappa shape index (κ1) is 16.7. The van der Waals surface area contributed by atoms with Crippen molar-refractivity contribution in [1.29, 1.82) is 0 Å². The number of nitrogens with one attached hydrogen (secondary N) is 1. The van der Waals surface area contributed by atoms with Crippen molar-refractivity contribution in [2.45, 2.75) is 0 Å². The fourth-order valence-electron chi connectivity index (χ4n) is 4.47. The maximum absolute atomic E-state index is 10.6. The van der Waals surface area contributed by atoms with E-state index in [0.717, 1.165) is 43.8 Å². The van der Waals surface area contributed by atoms with Crippen LogP contribution < -0.4 is 11.1 Å². The number of phenols is 2. The minimum Gasteiger partial charge on any atom is -0.506 e. The Morgan fingerprint density at radius 1 is 0.767 bits per heavy atom. The van der Waals surface area contributed by atoms with Crippen molar-refractivity contribution >= 4 is 63.2 Å². The van der Waals surface area contributed by atoms with Gasteiger partial charge in [-0.15, -0.1) is 0 Å². The van der Waals surface area contributed by atoms with Crippen LogP contribution in [0.3, 0.4) is 0 Å². The van der Waals surface area contributed by atoms with Crippen molar-refractivity contribution in [3.05, 3.63) is 70.8 Å². The largest absolute Gasteiger partial charge is 0.506 e. The van der Waals surface area contributed by atoms with Gasteiger partial charge in [0.2, 0.25) is 0 Å². The molecule has 6 rings (SSSR count). The van der Waals surface area contributed by atoms with Crippen LogP contribution in [0.1, 0.15) is 22.3 Å². The Labute approximate surface area is 172 Å². The van der Waals surface area contributed by atoms with Crippen molar-refractivity contribution in [2.75, 3.05) is 5.32 Å². The molecule has 0 bridgehead atoms. The maximum atomic E-state index is 10.6. The lowest BCUT2D eigenvalue weighted by molar-refractivity contribution is 0.477. The quantitative estimate of drug-likeness (QED) is 0.180. The monoisotopic (exact) mass is 391 g/mol. The Morgan fingerprint density at radius 2 is 1.37 bits per heavy atom. The molecule has 2 aliphatic rings. The molecule has 5 heteroatoms. The molecule has 5 N–H and O–H groups in total.